The maximum Gasteiger partial charge on any atom is 0.316 e. The van der Waals surface area contributed by atoms with Crippen molar-refractivity contribution in [2.45, 2.75) is 57.5 Å². The fourth-order valence-corrected chi connectivity index (χ4v) is 4.17. The lowest BCUT2D eigenvalue weighted by Gasteiger charge is -2.32. The number of benzene rings is 1. The van der Waals surface area contributed by atoms with Gasteiger partial charge in [0.1, 0.15) is 5.54 Å². The van der Waals surface area contributed by atoms with E-state index in [4.69, 9.17) is 0 Å². The summed E-state index contributed by atoms with van der Waals surface area (Å²) in [7, 11) is 0. The number of allylic oxidation sites excluding steroid dienone is 2. The topological polar surface area (TPSA) is 49.2 Å². The van der Waals surface area contributed by atoms with Crippen LogP contribution >= 0.6 is 0 Å². The number of nitrogens with zero attached hydrogens (tertiary/aromatic N) is 2. The highest BCUT2D eigenvalue weighted by atomic mass is 16.5. The SMILES string of the molecule is C=CC1CC(C=C)C(c2ccc(C3=[N+]([O-])C(C)(C)C(C)(C)N3[O])cc2)C1. The van der Waals surface area contributed by atoms with Gasteiger partial charge in [-0.3, -0.25) is 4.74 Å². The smallest absolute Gasteiger partial charge is 0.316 e. The maximum atomic E-state index is 12.8. The lowest BCUT2D eigenvalue weighted by atomic mass is 9.84. The fourth-order valence-electron chi connectivity index (χ4n) is 4.17. The van der Waals surface area contributed by atoms with Gasteiger partial charge in [-0.15, -0.1) is 13.2 Å². The van der Waals surface area contributed by atoms with E-state index in [1.807, 2.05) is 52.0 Å². The van der Waals surface area contributed by atoms with Crippen molar-refractivity contribution in [1.82, 2.24) is 5.06 Å². The Labute approximate surface area is 156 Å². The summed E-state index contributed by atoms with van der Waals surface area (Å²) in [6.45, 7) is 15.2. The Balaban J connectivity index is 1.92. The first kappa shape index (κ1) is 18.7. The van der Waals surface area contributed by atoms with Crippen LogP contribution in [0.5, 0.6) is 0 Å². The maximum absolute atomic E-state index is 12.8. The Kier molecular flexibility index (Phi) is 4.51. The van der Waals surface area contributed by atoms with Crippen molar-refractivity contribution in [2.75, 3.05) is 0 Å². The standard InChI is InChI=1S/C22H29N2O2/c1-7-15-13-16(8-2)19(14-15)17-9-11-18(12-10-17)20-23(25)21(3,4)22(5,6)24(20)26/h7-12,15-16,19H,1-2,13-14H2,3-6H3. The van der Waals surface area contributed by atoms with Gasteiger partial charge >= 0.3 is 5.84 Å². The zero-order valence-electron chi connectivity index (χ0n) is 16.2. The first-order chi connectivity index (χ1) is 12.1. The van der Waals surface area contributed by atoms with Gasteiger partial charge in [0.05, 0.1) is 5.56 Å². The molecule has 1 aliphatic carbocycles. The number of hydrogen-bond acceptors (Lipinski definition) is 2. The fraction of sp³-hybridized carbons (Fsp3) is 0.500. The molecule has 4 heteroatoms. The third-order valence-corrected chi connectivity index (χ3v) is 6.78. The summed E-state index contributed by atoms with van der Waals surface area (Å²) in [5.41, 5.74) is 0.319. The lowest BCUT2D eigenvalue weighted by Crippen LogP contribution is -2.53. The van der Waals surface area contributed by atoms with Crippen LogP contribution in [0.3, 0.4) is 0 Å². The molecule has 4 nitrogen and oxygen atoms in total. The van der Waals surface area contributed by atoms with E-state index >= 15 is 0 Å². The molecule has 3 rings (SSSR count). The molecule has 0 spiro atoms. The molecule has 1 aromatic rings. The predicted molar refractivity (Wildman–Crippen MR) is 104 cm³/mol. The van der Waals surface area contributed by atoms with Gasteiger partial charge in [0.25, 0.3) is 0 Å². The molecule has 0 saturated heterocycles. The molecule has 0 amide bonds. The number of hydrogen-bond donors (Lipinski definition) is 0. The molecule has 0 bridgehead atoms. The van der Waals surface area contributed by atoms with Crippen molar-refractivity contribution >= 4 is 5.84 Å². The van der Waals surface area contributed by atoms with E-state index < -0.39 is 11.1 Å². The van der Waals surface area contributed by atoms with Crippen LogP contribution in [0.4, 0.5) is 0 Å². The van der Waals surface area contributed by atoms with Gasteiger partial charge in [0.2, 0.25) is 0 Å². The third-order valence-electron chi connectivity index (χ3n) is 6.78. The molecule has 3 unspecified atom stereocenters. The quantitative estimate of drug-likeness (QED) is 0.450. The van der Waals surface area contributed by atoms with Gasteiger partial charge in [-0.2, -0.15) is 0 Å². The Morgan fingerprint density at radius 2 is 1.73 bits per heavy atom. The summed E-state index contributed by atoms with van der Waals surface area (Å²) in [5, 5.41) is 26.4. The second-order valence-corrected chi connectivity index (χ2v) is 8.63. The van der Waals surface area contributed by atoms with E-state index in [2.05, 4.69) is 25.3 Å². The summed E-state index contributed by atoms with van der Waals surface area (Å²) < 4.78 is 0.866. The molecule has 3 atom stereocenters. The zero-order valence-corrected chi connectivity index (χ0v) is 16.2. The largest absolute Gasteiger partial charge is 0.714 e. The van der Waals surface area contributed by atoms with E-state index in [1.165, 1.54) is 5.56 Å². The number of rotatable bonds is 4. The zero-order chi connectivity index (χ0) is 19.3. The monoisotopic (exact) mass is 353 g/mol. The minimum atomic E-state index is -0.792. The van der Waals surface area contributed by atoms with Crippen molar-refractivity contribution in [3.63, 3.8) is 0 Å². The van der Waals surface area contributed by atoms with Crippen LogP contribution in [-0.2, 0) is 5.21 Å². The summed E-state index contributed by atoms with van der Waals surface area (Å²) in [5.74, 6) is 1.57. The van der Waals surface area contributed by atoms with Crippen LogP contribution in [0, 0.1) is 17.0 Å². The van der Waals surface area contributed by atoms with Crippen LogP contribution in [0.25, 0.3) is 0 Å². The molecule has 1 heterocycles. The molecule has 0 N–H and O–H groups in total. The highest BCUT2D eigenvalue weighted by Gasteiger charge is 2.59. The first-order valence-corrected chi connectivity index (χ1v) is 9.32. The molecule has 26 heavy (non-hydrogen) atoms. The predicted octanol–water partition coefficient (Wildman–Crippen LogP) is 4.64. The number of hydroxylamine groups is 3. The summed E-state index contributed by atoms with van der Waals surface area (Å²) in [6, 6.07) is 7.91. The normalized spacial score (nSPS) is 29.9. The van der Waals surface area contributed by atoms with E-state index in [-0.39, 0.29) is 5.84 Å². The van der Waals surface area contributed by atoms with Crippen molar-refractivity contribution in [3.05, 3.63) is 65.9 Å². The van der Waals surface area contributed by atoms with Crippen LogP contribution < -0.4 is 0 Å². The average molecular weight is 353 g/mol. The summed E-state index contributed by atoms with van der Waals surface area (Å²) in [4.78, 5) is 0. The molecule has 0 aromatic heterocycles. The second kappa shape index (κ2) is 6.27. The Morgan fingerprint density at radius 1 is 1.12 bits per heavy atom. The van der Waals surface area contributed by atoms with Crippen LogP contribution in [0.1, 0.15) is 57.6 Å². The molecule has 1 radical (unpaired) electrons. The lowest BCUT2D eigenvalue weighted by molar-refractivity contribution is -0.539. The molecule has 1 aliphatic heterocycles. The summed E-state index contributed by atoms with van der Waals surface area (Å²) >= 11 is 0. The summed E-state index contributed by atoms with van der Waals surface area (Å²) in [6.07, 6.45) is 6.23. The van der Waals surface area contributed by atoms with Crippen molar-refractivity contribution < 1.29 is 9.95 Å². The highest BCUT2D eigenvalue weighted by molar-refractivity contribution is 5.96. The molecule has 1 aromatic carbocycles. The highest BCUT2D eigenvalue weighted by Crippen LogP contribution is 2.44. The van der Waals surface area contributed by atoms with Crippen LogP contribution in [0.2, 0.25) is 0 Å². The van der Waals surface area contributed by atoms with Crippen molar-refractivity contribution in [2.24, 2.45) is 11.8 Å². The van der Waals surface area contributed by atoms with Crippen LogP contribution in [-0.4, -0.2) is 26.7 Å². The molecule has 1 saturated carbocycles. The number of amidine groups is 1. The minimum Gasteiger partial charge on any atom is -0.714 e. The molecule has 139 valence electrons. The van der Waals surface area contributed by atoms with Gasteiger partial charge in [-0.1, -0.05) is 29.3 Å². The molecule has 2 aliphatic rings. The van der Waals surface area contributed by atoms with E-state index in [0.29, 0.717) is 23.3 Å². The van der Waals surface area contributed by atoms with E-state index in [9.17, 15) is 10.4 Å². The minimum absolute atomic E-state index is 0.196. The van der Waals surface area contributed by atoms with Gasteiger partial charge in [-0.05, 0) is 76.0 Å². The van der Waals surface area contributed by atoms with Crippen molar-refractivity contribution in [1.29, 1.82) is 0 Å². The Bertz CT molecular complexity index is 746. The molecular formula is C22H29N2O2. The van der Waals surface area contributed by atoms with Gasteiger partial charge < -0.3 is 5.21 Å². The van der Waals surface area contributed by atoms with E-state index in [1.54, 1.807) is 0 Å². The van der Waals surface area contributed by atoms with Crippen molar-refractivity contribution in [3.8, 4) is 0 Å². The van der Waals surface area contributed by atoms with Crippen LogP contribution in [0.15, 0.2) is 49.6 Å². The van der Waals surface area contributed by atoms with Gasteiger partial charge in [0, 0.05) is 5.21 Å². The first-order valence-electron chi connectivity index (χ1n) is 9.32. The molecule has 1 fully saturated rings. The second-order valence-electron chi connectivity index (χ2n) is 8.63. The Hall–Kier alpha value is -2.07. The van der Waals surface area contributed by atoms with Gasteiger partial charge in [0.15, 0.2) is 5.54 Å². The van der Waals surface area contributed by atoms with Gasteiger partial charge in [-0.25, -0.2) is 0 Å². The molecular weight excluding hydrogens is 324 g/mol. The average Bonchev–Trinajstić information content (AvgIpc) is 3.09. The van der Waals surface area contributed by atoms with E-state index in [0.717, 1.165) is 22.6 Å². The third kappa shape index (κ3) is 2.59. The Morgan fingerprint density at radius 3 is 2.19 bits per heavy atom.